The van der Waals surface area contributed by atoms with Crippen LogP contribution in [0.25, 0.3) is 22.1 Å². The van der Waals surface area contributed by atoms with Crippen LogP contribution in [0.5, 0.6) is 0 Å². The van der Waals surface area contributed by atoms with Gasteiger partial charge in [-0.15, -0.1) is 11.3 Å². The molecule has 0 aliphatic heterocycles. The predicted octanol–water partition coefficient (Wildman–Crippen LogP) is 3.26. The van der Waals surface area contributed by atoms with E-state index in [1.54, 1.807) is 11.3 Å². The Bertz CT molecular complexity index is 733. The minimum absolute atomic E-state index is 0.742. The van der Waals surface area contributed by atoms with Crippen molar-refractivity contribution < 1.29 is 0 Å². The second-order valence-corrected chi connectivity index (χ2v) is 6.01. The fourth-order valence-electron chi connectivity index (χ4n) is 2.21. The molecule has 0 unspecified atom stereocenters. The number of aromatic amines is 1. The lowest BCUT2D eigenvalue weighted by atomic mass is 10.1. The Balaban J connectivity index is 1.89. The number of rotatable bonds is 1. The van der Waals surface area contributed by atoms with Gasteiger partial charge in [0.1, 0.15) is 6.33 Å². The van der Waals surface area contributed by atoms with E-state index in [1.807, 2.05) is 6.07 Å². The molecule has 0 spiro atoms. The number of H-pyrrole nitrogens is 1. The molecule has 4 rings (SSSR count). The molecule has 0 radical (unpaired) electrons. The molecular formula is C12H7BrN4S. The molecule has 2 heterocycles. The molecule has 1 aromatic carbocycles. The van der Waals surface area contributed by atoms with Crippen LogP contribution >= 0.6 is 27.3 Å². The van der Waals surface area contributed by atoms with Gasteiger partial charge in [-0.1, -0.05) is 28.1 Å². The highest BCUT2D eigenvalue weighted by atomic mass is 79.9. The summed E-state index contributed by atoms with van der Waals surface area (Å²) in [5, 5.41) is 7.62. The van der Waals surface area contributed by atoms with E-state index < -0.39 is 0 Å². The topological polar surface area (TPSA) is 54.5 Å². The van der Waals surface area contributed by atoms with E-state index in [0.29, 0.717) is 0 Å². The first kappa shape index (κ1) is 10.4. The summed E-state index contributed by atoms with van der Waals surface area (Å²) in [6, 6.07) is 6.24. The Kier molecular flexibility index (Phi) is 2.15. The van der Waals surface area contributed by atoms with Crippen LogP contribution in [-0.4, -0.2) is 20.2 Å². The average molecular weight is 319 g/mol. The van der Waals surface area contributed by atoms with Crippen molar-refractivity contribution >= 4 is 27.3 Å². The van der Waals surface area contributed by atoms with E-state index in [9.17, 15) is 0 Å². The third-order valence-corrected chi connectivity index (χ3v) is 4.83. The number of hydrogen-bond donors (Lipinski definition) is 1. The van der Waals surface area contributed by atoms with Crippen LogP contribution in [0.3, 0.4) is 0 Å². The first-order valence-corrected chi connectivity index (χ1v) is 7.07. The molecular weight excluding hydrogens is 312 g/mol. The number of fused-ring (bicyclic) bond motifs is 3. The van der Waals surface area contributed by atoms with Gasteiger partial charge in [0.15, 0.2) is 10.8 Å². The van der Waals surface area contributed by atoms with Gasteiger partial charge < -0.3 is 0 Å². The lowest BCUT2D eigenvalue weighted by Crippen LogP contribution is -1.84. The first-order chi connectivity index (χ1) is 8.83. The standard InChI is InChI=1S/C12H7BrN4S/c13-8-3-1-2-6-7(8)4-9-10(6)16-12(18-9)11-14-5-15-17-11/h1-3,5H,4H2,(H,14,15,17). The van der Waals surface area contributed by atoms with Crippen LogP contribution in [0.2, 0.25) is 0 Å². The third-order valence-electron chi connectivity index (χ3n) is 3.03. The summed E-state index contributed by atoms with van der Waals surface area (Å²) in [5.41, 5.74) is 3.64. The van der Waals surface area contributed by atoms with Crippen molar-refractivity contribution in [1.29, 1.82) is 0 Å². The summed E-state index contributed by atoms with van der Waals surface area (Å²) < 4.78 is 1.16. The Morgan fingerprint density at radius 3 is 3.11 bits per heavy atom. The zero-order chi connectivity index (χ0) is 12.1. The molecule has 0 atom stereocenters. The summed E-state index contributed by atoms with van der Waals surface area (Å²) in [4.78, 5) is 10.1. The lowest BCUT2D eigenvalue weighted by Gasteiger charge is -2.01. The molecule has 4 nitrogen and oxygen atoms in total. The fraction of sp³-hybridized carbons (Fsp3) is 0.0833. The van der Waals surface area contributed by atoms with Gasteiger partial charge in [0.05, 0.1) is 5.69 Å². The van der Waals surface area contributed by atoms with E-state index in [0.717, 1.165) is 27.4 Å². The molecule has 0 saturated heterocycles. The number of thiazole rings is 1. The van der Waals surface area contributed by atoms with Crippen LogP contribution < -0.4 is 0 Å². The van der Waals surface area contributed by atoms with Gasteiger partial charge in [-0.3, -0.25) is 5.10 Å². The SMILES string of the molecule is Brc1cccc2c1Cc1sc(-c3ncn[nH]3)nc1-2. The molecule has 1 aliphatic rings. The number of halogens is 1. The molecule has 1 aliphatic carbocycles. The van der Waals surface area contributed by atoms with Gasteiger partial charge in [0.2, 0.25) is 0 Å². The van der Waals surface area contributed by atoms with E-state index in [4.69, 9.17) is 0 Å². The van der Waals surface area contributed by atoms with Gasteiger partial charge in [-0.25, -0.2) is 9.97 Å². The van der Waals surface area contributed by atoms with E-state index >= 15 is 0 Å². The number of nitrogens with zero attached hydrogens (tertiary/aromatic N) is 3. The normalized spacial score (nSPS) is 12.5. The highest BCUT2D eigenvalue weighted by molar-refractivity contribution is 9.10. The third kappa shape index (κ3) is 1.39. The second kappa shape index (κ2) is 3.73. The Labute approximate surface area is 115 Å². The van der Waals surface area contributed by atoms with Gasteiger partial charge in [0.25, 0.3) is 0 Å². The molecule has 18 heavy (non-hydrogen) atoms. The number of nitrogens with one attached hydrogen (secondary N) is 1. The highest BCUT2D eigenvalue weighted by Gasteiger charge is 2.25. The molecule has 1 N–H and O–H groups in total. The summed E-state index contributed by atoms with van der Waals surface area (Å²) in [6.07, 6.45) is 2.45. The molecule has 0 amide bonds. The minimum Gasteiger partial charge on any atom is -0.257 e. The van der Waals surface area contributed by atoms with Crippen molar-refractivity contribution in [3.8, 4) is 22.1 Å². The number of aromatic nitrogens is 4. The largest absolute Gasteiger partial charge is 0.257 e. The Morgan fingerprint density at radius 1 is 1.33 bits per heavy atom. The maximum atomic E-state index is 4.68. The summed E-state index contributed by atoms with van der Waals surface area (Å²) in [7, 11) is 0. The Hall–Kier alpha value is -1.53. The number of benzene rings is 1. The van der Waals surface area contributed by atoms with Crippen molar-refractivity contribution in [1.82, 2.24) is 20.2 Å². The molecule has 6 heteroatoms. The monoisotopic (exact) mass is 318 g/mol. The van der Waals surface area contributed by atoms with Gasteiger partial charge in [-0.2, -0.15) is 5.10 Å². The predicted molar refractivity (Wildman–Crippen MR) is 73.4 cm³/mol. The van der Waals surface area contributed by atoms with E-state index in [1.165, 1.54) is 22.3 Å². The lowest BCUT2D eigenvalue weighted by molar-refractivity contribution is 1.09. The number of hydrogen-bond acceptors (Lipinski definition) is 4. The zero-order valence-corrected chi connectivity index (χ0v) is 11.5. The molecule has 3 aromatic rings. The van der Waals surface area contributed by atoms with Gasteiger partial charge in [-0.05, 0) is 11.6 Å². The molecule has 0 saturated carbocycles. The van der Waals surface area contributed by atoms with E-state index in [-0.39, 0.29) is 0 Å². The van der Waals surface area contributed by atoms with Crippen LogP contribution in [0, 0.1) is 0 Å². The molecule has 2 aromatic heterocycles. The van der Waals surface area contributed by atoms with Crippen molar-refractivity contribution in [2.45, 2.75) is 6.42 Å². The van der Waals surface area contributed by atoms with Crippen LogP contribution in [0.4, 0.5) is 0 Å². The van der Waals surface area contributed by atoms with Gasteiger partial charge >= 0.3 is 0 Å². The van der Waals surface area contributed by atoms with Crippen molar-refractivity contribution in [3.05, 3.63) is 39.4 Å². The maximum absolute atomic E-state index is 4.68. The van der Waals surface area contributed by atoms with Crippen LogP contribution in [0.1, 0.15) is 10.4 Å². The van der Waals surface area contributed by atoms with E-state index in [2.05, 4.69) is 48.2 Å². The zero-order valence-electron chi connectivity index (χ0n) is 9.14. The van der Waals surface area contributed by atoms with Crippen LogP contribution in [-0.2, 0) is 6.42 Å². The smallest absolute Gasteiger partial charge is 0.184 e. The second-order valence-electron chi connectivity index (χ2n) is 4.07. The quantitative estimate of drug-likeness (QED) is 0.586. The van der Waals surface area contributed by atoms with Crippen LogP contribution in [0.15, 0.2) is 29.0 Å². The van der Waals surface area contributed by atoms with Gasteiger partial charge in [0, 0.05) is 21.3 Å². The molecule has 0 fully saturated rings. The van der Waals surface area contributed by atoms with Crippen molar-refractivity contribution in [2.75, 3.05) is 0 Å². The molecule has 88 valence electrons. The van der Waals surface area contributed by atoms with Crippen molar-refractivity contribution in [3.63, 3.8) is 0 Å². The Morgan fingerprint density at radius 2 is 2.28 bits per heavy atom. The first-order valence-electron chi connectivity index (χ1n) is 5.46. The maximum Gasteiger partial charge on any atom is 0.184 e. The van der Waals surface area contributed by atoms with Crippen molar-refractivity contribution in [2.24, 2.45) is 0 Å². The summed E-state index contributed by atoms with van der Waals surface area (Å²) >= 11 is 5.28. The minimum atomic E-state index is 0.742. The highest BCUT2D eigenvalue weighted by Crippen LogP contribution is 2.43. The molecule has 0 bridgehead atoms. The fourth-order valence-corrected chi connectivity index (χ4v) is 3.75. The average Bonchev–Trinajstić information content (AvgIpc) is 3.03. The summed E-state index contributed by atoms with van der Waals surface area (Å²) in [5.74, 6) is 0.742. The summed E-state index contributed by atoms with van der Waals surface area (Å²) in [6.45, 7) is 0.